The lowest BCUT2D eigenvalue weighted by molar-refractivity contribution is -0.117. The molecule has 1 aliphatic heterocycles. The first-order chi connectivity index (χ1) is 11.1. The molecule has 1 amide bonds. The molecule has 0 radical (unpaired) electrons. The van der Waals surface area contributed by atoms with Crippen molar-refractivity contribution in [1.29, 1.82) is 0 Å². The van der Waals surface area contributed by atoms with Gasteiger partial charge in [-0.15, -0.1) is 0 Å². The van der Waals surface area contributed by atoms with Crippen molar-refractivity contribution >= 4 is 11.6 Å². The number of carbonyl (C=O) groups excluding carboxylic acids is 1. The number of carbonyl (C=O) groups is 1. The maximum atomic E-state index is 13.4. The predicted molar refractivity (Wildman–Crippen MR) is 83.7 cm³/mol. The Balaban J connectivity index is 1.74. The average molecular weight is 317 g/mol. The summed E-state index contributed by atoms with van der Waals surface area (Å²) in [6, 6.07) is 9.59. The van der Waals surface area contributed by atoms with Crippen molar-refractivity contribution in [2.45, 2.75) is 19.8 Å². The lowest BCUT2D eigenvalue weighted by Gasteiger charge is -2.17. The Morgan fingerprint density at radius 3 is 2.57 bits per heavy atom. The van der Waals surface area contributed by atoms with Crippen LogP contribution in [0.3, 0.4) is 0 Å². The minimum absolute atomic E-state index is 0.126. The van der Waals surface area contributed by atoms with Gasteiger partial charge in [-0.3, -0.25) is 4.79 Å². The zero-order chi connectivity index (χ0) is 16.4. The smallest absolute Gasteiger partial charge is 0.231 e. The maximum absolute atomic E-state index is 13.4. The minimum Gasteiger partial charge on any atom is -0.494 e. The lowest BCUT2D eigenvalue weighted by Crippen LogP contribution is -2.30. The van der Waals surface area contributed by atoms with E-state index in [9.17, 15) is 13.6 Å². The third-order valence-electron chi connectivity index (χ3n) is 3.91. The van der Waals surface area contributed by atoms with Crippen molar-refractivity contribution in [3.8, 4) is 5.75 Å². The summed E-state index contributed by atoms with van der Waals surface area (Å²) in [7, 11) is 0. The van der Waals surface area contributed by atoms with Crippen LogP contribution < -0.4 is 9.64 Å². The second-order valence-electron chi connectivity index (χ2n) is 5.44. The van der Waals surface area contributed by atoms with Gasteiger partial charge in [-0.25, -0.2) is 8.78 Å². The first-order valence-corrected chi connectivity index (χ1v) is 7.58. The maximum Gasteiger partial charge on any atom is 0.231 e. The summed E-state index contributed by atoms with van der Waals surface area (Å²) in [6.45, 7) is 2.95. The van der Waals surface area contributed by atoms with Gasteiger partial charge in [0, 0.05) is 12.6 Å². The van der Waals surface area contributed by atoms with E-state index in [4.69, 9.17) is 4.74 Å². The van der Waals surface area contributed by atoms with Gasteiger partial charge in [0.1, 0.15) is 5.75 Å². The van der Waals surface area contributed by atoms with E-state index in [1.165, 1.54) is 11.0 Å². The summed E-state index contributed by atoms with van der Waals surface area (Å²) in [6.07, 6.45) is 0.756. The molecule has 0 spiro atoms. The van der Waals surface area contributed by atoms with Gasteiger partial charge in [-0.05, 0) is 42.7 Å². The highest BCUT2D eigenvalue weighted by molar-refractivity contribution is 5.96. The molecule has 0 fully saturated rings. The Morgan fingerprint density at radius 2 is 1.87 bits per heavy atom. The summed E-state index contributed by atoms with van der Waals surface area (Å²) >= 11 is 0. The average Bonchev–Trinajstić information content (AvgIpc) is 2.93. The zero-order valence-electron chi connectivity index (χ0n) is 12.8. The molecule has 0 N–H and O–H groups in total. The molecule has 2 aromatic rings. The minimum atomic E-state index is -0.926. The van der Waals surface area contributed by atoms with Gasteiger partial charge < -0.3 is 9.64 Å². The molecule has 0 saturated heterocycles. The van der Waals surface area contributed by atoms with E-state index in [1.807, 2.05) is 31.2 Å². The largest absolute Gasteiger partial charge is 0.494 e. The predicted octanol–water partition coefficient (Wildman–Crippen LogP) is 3.50. The number of rotatable bonds is 4. The fraction of sp³-hybridized carbons (Fsp3) is 0.278. The standard InChI is InChI=1S/C18H17F2NO2/c1-2-23-14-5-3-12(4-6-14)9-18(22)21-8-7-13-10-15(19)16(20)11-17(13)21/h3-6,10-11H,2,7-9H2,1H3. The molecule has 3 rings (SSSR count). The Bertz CT molecular complexity index is 729. The van der Waals surface area contributed by atoms with E-state index < -0.39 is 11.6 Å². The van der Waals surface area contributed by atoms with Crippen LogP contribution in [-0.4, -0.2) is 19.1 Å². The topological polar surface area (TPSA) is 29.5 Å². The molecule has 0 unspecified atom stereocenters. The molecule has 1 heterocycles. The van der Waals surface area contributed by atoms with Gasteiger partial charge in [0.25, 0.3) is 0 Å². The van der Waals surface area contributed by atoms with Crippen LogP contribution in [0.15, 0.2) is 36.4 Å². The third-order valence-corrected chi connectivity index (χ3v) is 3.91. The summed E-state index contributed by atoms with van der Waals surface area (Å²) in [4.78, 5) is 14.0. The van der Waals surface area contributed by atoms with Crippen molar-refractivity contribution < 1.29 is 18.3 Å². The van der Waals surface area contributed by atoms with Crippen LogP contribution in [0, 0.1) is 11.6 Å². The van der Waals surface area contributed by atoms with Crippen LogP contribution in [0.25, 0.3) is 0 Å². The number of anilines is 1. The number of nitrogens with zero attached hydrogens (tertiary/aromatic N) is 1. The van der Waals surface area contributed by atoms with E-state index in [-0.39, 0.29) is 12.3 Å². The van der Waals surface area contributed by atoms with Crippen LogP contribution in [0.2, 0.25) is 0 Å². The Hall–Kier alpha value is -2.43. The van der Waals surface area contributed by atoms with E-state index in [1.54, 1.807) is 0 Å². The van der Waals surface area contributed by atoms with E-state index in [2.05, 4.69) is 0 Å². The molecule has 2 aromatic carbocycles. The molecule has 0 aromatic heterocycles. The zero-order valence-corrected chi connectivity index (χ0v) is 12.8. The Kier molecular flexibility index (Phi) is 4.28. The summed E-state index contributed by atoms with van der Waals surface area (Å²) in [5.41, 5.74) is 2.00. The molecular formula is C18H17F2NO2. The second kappa shape index (κ2) is 6.36. The molecule has 0 atom stereocenters. The number of hydrogen-bond acceptors (Lipinski definition) is 2. The van der Waals surface area contributed by atoms with E-state index in [0.717, 1.165) is 17.4 Å². The summed E-state index contributed by atoms with van der Waals surface area (Å²) < 4.78 is 32.1. The Labute approximate surface area is 133 Å². The van der Waals surface area contributed by atoms with Crippen LogP contribution in [0.5, 0.6) is 5.75 Å². The molecular weight excluding hydrogens is 300 g/mol. The van der Waals surface area contributed by atoms with Crippen molar-refractivity contribution in [2.75, 3.05) is 18.1 Å². The fourth-order valence-corrected chi connectivity index (χ4v) is 2.78. The molecule has 0 bridgehead atoms. The first kappa shape index (κ1) is 15.5. The van der Waals surface area contributed by atoms with Gasteiger partial charge in [0.05, 0.1) is 18.7 Å². The van der Waals surface area contributed by atoms with Crippen molar-refractivity contribution in [2.24, 2.45) is 0 Å². The van der Waals surface area contributed by atoms with Crippen molar-refractivity contribution in [3.63, 3.8) is 0 Å². The van der Waals surface area contributed by atoms with Crippen LogP contribution in [-0.2, 0) is 17.6 Å². The van der Waals surface area contributed by atoms with Gasteiger partial charge >= 0.3 is 0 Å². The summed E-state index contributed by atoms with van der Waals surface area (Å²) in [5.74, 6) is -1.17. The van der Waals surface area contributed by atoms with Gasteiger partial charge in [-0.2, -0.15) is 0 Å². The van der Waals surface area contributed by atoms with Gasteiger partial charge in [0.2, 0.25) is 5.91 Å². The number of ether oxygens (including phenoxy) is 1. The number of fused-ring (bicyclic) bond motifs is 1. The molecule has 120 valence electrons. The van der Waals surface area contributed by atoms with Crippen molar-refractivity contribution in [1.82, 2.24) is 0 Å². The highest BCUT2D eigenvalue weighted by atomic mass is 19.2. The SMILES string of the molecule is CCOc1ccc(CC(=O)N2CCc3cc(F)c(F)cc32)cc1. The second-order valence-corrected chi connectivity index (χ2v) is 5.44. The van der Waals surface area contributed by atoms with Crippen molar-refractivity contribution in [3.05, 3.63) is 59.2 Å². The van der Waals surface area contributed by atoms with Crippen LogP contribution in [0.1, 0.15) is 18.1 Å². The van der Waals surface area contributed by atoms with Crippen LogP contribution >= 0.6 is 0 Å². The highest BCUT2D eigenvalue weighted by Gasteiger charge is 2.26. The highest BCUT2D eigenvalue weighted by Crippen LogP contribution is 2.30. The number of amides is 1. The van der Waals surface area contributed by atoms with Gasteiger partial charge in [0.15, 0.2) is 11.6 Å². The fourth-order valence-electron chi connectivity index (χ4n) is 2.78. The molecule has 1 aliphatic rings. The lowest BCUT2D eigenvalue weighted by atomic mass is 10.1. The van der Waals surface area contributed by atoms with Gasteiger partial charge in [-0.1, -0.05) is 12.1 Å². The molecule has 23 heavy (non-hydrogen) atoms. The summed E-state index contributed by atoms with van der Waals surface area (Å²) in [5, 5.41) is 0. The monoisotopic (exact) mass is 317 g/mol. The quantitative estimate of drug-likeness (QED) is 0.864. The number of hydrogen-bond donors (Lipinski definition) is 0. The van der Waals surface area contributed by atoms with E-state index >= 15 is 0 Å². The van der Waals surface area contributed by atoms with Crippen LogP contribution in [0.4, 0.5) is 14.5 Å². The third kappa shape index (κ3) is 3.18. The molecule has 3 nitrogen and oxygen atoms in total. The number of benzene rings is 2. The first-order valence-electron chi connectivity index (χ1n) is 7.58. The van der Waals surface area contributed by atoms with E-state index in [0.29, 0.717) is 30.8 Å². The normalized spacial score (nSPS) is 13.1. The Morgan fingerprint density at radius 1 is 1.17 bits per heavy atom. The molecule has 0 saturated carbocycles. The number of halogens is 2. The molecule has 5 heteroatoms. The molecule has 0 aliphatic carbocycles.